The Bertz CT molecular complexity index is 451. The van der Waals surface area contributed by atoms with E-state index in [1.54, 1.807) is 31.0 Å². The number of benzene rings is 1. The summed E-state index contributed by atoms with van der Waals surface area (Å²) in [5, 5.41) is 0. The van der Waals surface area contributed by atoms with Crippen molar-refractivity contribution < 1.29 is 9.18 Å². The molecule has 0 aliphatic carbocycles. The number of nitrogens with two attached hydrogens (primary N) is 1. The van der Waals surface area contributed by atoms with Crippen molar-refractivity contribution in [2.45, 2.75) is 33.2 Å². The van der Waals surface area contributed by atoms with E-state index in [0.29, 0.717) is 23.6 Å². The van der Waals surface area contributed by atoms with E-state index < -0.39 is 0 Å². The van der Waals surface area contributed by atoms with Gasteiger partial charge in [0.2, 0.25) is 0 Å². The van der Waals surface area contributed by atoms with Gasteiger partial charge >= 0.3 is 0 Å². The summed E-state index contributed by atoms with van der Waals surface area (Å²) in [6.07, 6.45) is 0.744. The van der Waals surface area contributed by atoms with Crippen LogP contribution in [-0.4, -0.2) is 30.4 Å². The van der Waals surface area contributed by atoms with Crippen LogP contribution >= 0.6 is 12.4 Å². The molecular formula is C15H24ClFN2O. The molecule has 2 N–H and O–H groups in total. The van der Waals surface area contributed by atoms with Gasteiger partial charge in [0.05, 0.1) is 0 Å². The van der Waals surface area contributed by atoms with Gasteiger partial charge in [0, 0.05) is 25.2 Å². The van der Waals surface area contributed by atoms with Crippen LogP contribution in [0.5, 0.6) is 0 Å². The van der Waals surface area contributed by atoms with Crippen molar-refractivity contribution in [1.29, 1.82) is 0 Å². The summed E-state index contributed by atoms with van der Waals surface area (Å²) in [4.78, 5) is 13.7. The third kappa shape index (κ3) is 5.10. The van der Waals surface area contributed by atoms with Crippen LogP contribution in [0.1, 0.15) is 36.2 Å². The summed E-state index contributed by atoms with van der Waals surface area (Å²) in [5.74, 6) is -0.131. The van der Waals surface area contributed by atoms with Gasteiger partial charge in [-0.05, 0) is 37.0 Å². The summed E-state index contributed by atoms with van der Waals surface area (Å²) in [6.45, 7) is 6.37. The molecule has 114 valence electrons. The van der Waals surface area contributed by atoms with E-state index in [1.165, 1.54) is 6.07 Å². The molecule has 0 aliphatic rings. The zero-order valence-electron chi connectivity index (χ0n) is 12.5. The molecule has 0 saturated heterocycles. The first-order chi connectivity index (χ1) is 8.82. The van der Waals surface area contributed by atoms with Gasteiger partial charge in [-0.1, -0.05) is 19.9 Å². The van der Waals surface area contributed by atoms with E-state index in [0.717, 1.165) is 6.42 Å². The molecule has 5 heteroatoms. The highest BCUT2D eigenvalue weighted by Gasteiger charge is 2.15. The summed E-state index contributed by atoms with van der Waals surface area (Å²) < 4.78 is 13.4. The Balaban J connectivity index is 0.00000361. The Morgan fingerprint density at radius 3 is 2.50 bits per heavy atom. The molecule has 3 nitrogen and oxygen atoms in total. The number of hydrogen-bond donors (Lipinski definition) is 1. The Labute approximate surface area is 126 Å². The van der Waals surface area contributed by atoms with Gasteiger partial charge < -0.3 is 10.6 Å². The van der Waals surface area contributed by atoms with Crippen molar-refractivity contribution in [1.82, 2.24) is 4.90 Å². The predicted octanol–water partition coefficient (Wildman–Crippen LogP) is 3.00. The van der Waals surface area contributed by atoms with Crippen molar-refractivity contribution in [2.24, 2.45) is 11.7 Å². The van der Waals surface area contributed by atoms with Crippen LogP contribution in [0.4, 0.5) is 4.39 Å². The standard InChI is InChI=1S/C15H23FN2O.ClH/c1-10(2)14(17)7-8-18(4)15(19)12-6-5-11(3)13(16)9-12;/h5-6,9-10,14H,7-8,17H2,1-4H3;1H. The number of hydrogen-bond acceptors (Lipinski definition) is 2. The molecule has 20 heavy (non-hydrogen) atoms. The van der Waals surface area contributed by atoms with Crippen molar-refractivity contribution in [2.75, 3.05) is 13.6 Å². The highest BCUT2D eigenvalue weighted by Crippen LogP contribution is 2.12. The molecule has 0 saturated carbocycles. The molecule has 1 amide bonds. The van der Waals surface area contributed by atoms with E-state index >= 15 is 0 Å². The van der Waals surface area contributed by atoms with Gasteiger partial charge in [0.15, 0.2) is 0 Å². The van der Waals surface area contributed by atoms with Crippen molar-refractivity contribution in [3.63, 3.8) is 0 Å². The van der Waals surface area contributed by atoms with Gasteiger partial charge in [0.1, 0.15) is 5.82 Å². The molecule has 1 rings (SSSR count). The molecule has 0 radical (unpaired) electrons. The highest BCUT2D eigenvalue weighted by atomic mass is 35.5. The van der Waals surface area contributed by atoms with Gasteiger partial charge in [0.25, 0.3) is 5.91 Å². The first-order valence-electron chi connectivity index (χ1n) is 6.60. The van der Waals surface area contributed by atoms with Crippen LogP contribution in [0.2, 0.25) is 0 Å². The Morgan fingerprint density at radius 1 is 1.40 bits per heavy atom. The zero-order valence-corrected chi connectivity index (χ0v) is 13.3. The molecular weight excluding hydrogens is 279 g/mol. The lowest BCUT2D eigenvalue weighted by Gasteiger charge is -2.21. The molecule has 1 aromatic carbocycles. The molecule has 1 atom stereocenters. The molecule has 1 unspecified atom stereocenters. The van der Waals surface area contributed by atoms with Gasteiger partial charge in [-0.15, -0.1) is 12.4 Å². The average Bonchev–Trinajstić information content (AvgIpc) is 2.37. The van der Waals surface area contributed by atoms with E-state index in [2.05, 4.69) is 13.8 Å². The topological polar surface area (TPSA) is 46.3 Å². The van der Waals surface area contributed by atoms with E-state index in [-0.39, 0.29) is 30.2 Å². The molecule has 0 spiro atoms. The maximum Gasteiger partial charge on any atom is 0.253 e. The number of carbonyl (C=O) groups is 1. The minimum Gasteiger partial charge on any atom is -0.342 e. The van der Waals surface area contributed by atoms with Gasteiger partial charge in [-0.3, -0.25) is 4.79 Å². The molecule has 0 bridgehead atoms. The number of amides is 1. The predicted molar refractivity (Wildman–Crippen MR) is 82.8 cm³/mol. The summed E-state index contributed by atoms with van der Waals surface area (Å²) >= 11 is 0. The van der Waals surface area contributed by atoms with Gasteiger partial charge in [-0.2, -0.15) is 0 Å². The molecule has 0 aliphatic heterocycles. The summed E-state index contributed by atoms with van der Waals surface area (Å²) in [7, 11) is 1.72. The zero-order chi connectivity index (χ0) is 14.6. The molecule has 0 aromatic heterocycles. The van der Waals surface area contributed by atoms with Crippen LogP contribution in [0.15, 0.2) is 18.2 Å². The normalized spacial score (nSPS) is 11.9. The SMILES string of the molecule is Cc1ccc(C(=O)N(C)CCC(N)C(C)C)cc1F.Cl. The fourth-order valence-electron chi connectivity index (χ4n) is 1.72. The summed E-state index contributed by atoms with van der Waals surface area (Å²) in [6, 6.07) is 4.64. The third-order valence-corrected chi connectivity index (χ3v) is 3.42. The molecule has 1 aromatic rings. The second kappa shape index (κ2) is 8.22. The fourth-order valence-corrected chi connectivity index (χ4v) is 1.72. The molecule has 0 heterocycles. The first kappa shape index (κ1) is 18.9. The lowest BCUT2D eigenvalue weighted by Crippen LogP contribution is -2.34. The monoisotopic (exact) mass is 302 g/mol. The Morgan fingerprint density at radius 2 is 2.00 bits per heavy atom. The van der Waals surface area contributed by atoms with E-state index in [4.69, 9.17) is 5.73 Å². The Hall–Kier alpha value is -1.13. The largest absolute Gasteiger partial charge is 0.342 e. The fraction of sp³-hybridized carbons (Fsp3) is 0.533. The van der Waals surface area contributed by atoms with Crippen molar-refractivity contribution in [3.05, 3.63) is 35.1 Å². The Kier molecular flexibility index (Phi) is 7.76. The first-order valence-corrected chi connectivity index (χ1v) is 6.60. The minimum atomic E-state index is -0.349. The quantitative estimate of drug-likeness (QED) is 0.909. The van der Waals surface area contributed by atoms with Crippen LogP contribution in [0, 0.1) is 18.7 Å². The van der Waals surface area contributed by atoms with Crippen LogP contribution in [0.3, 0.4) is 0 Å². The second-order valence-corrected chi connectivity index (χ2v) is 5.39. The number of rotatable bonds is 5. The smallest absolute Gasteiger partial charge is 0.253 e. The lowest BCUT2D eigenvalue weighted by molar-refractivity contribution is 0.0788. The maximum absolute atomic E-state index is 13.4. The number of halogens is 2. The number of nitrogens with zero attached hydrogens (tertiary/aromatic N) is 1. The third-order valence-electron chi connectivity index (χ3n) is 3.42. The summed E-state index contributed by atoms with van der Waals surface area (Å²) in [5.41, 5.74) is 6.87. The van der Waals surface area contributed by atoms with Crippen molar-refractivity contribution >= 4 is 18.3 Å². The molecule has 0 fully saturated rings. The van der Waals surface area contributed by atoms with Crippen molar-refractivity contribution in [3.8, 4) is 0 Å². The van der Waals surface area contributed by atoms with E-state index in [1.807, 2.05) is 0 Å². The van der Waals surface area contributed by atoms with Crippen LogP contribution < -0.4 is 5.73 Å². The average molecular weight is 303 g/mol. The van der Waals surface area contributed by atoms with Crippen LogP contribution in [-0.2, 0) is 0 Å². The second-order valence-electron chi connectivity index (χ2n) is 5.39. The number of carbonyl (C=O) groups excluding carboxylic acids is 1. The highest BCUT2D eigenvalue weighted by molar-refractivity contribution is 5.94. The van der Waals surface area contributed by atoms with Gasteiger partial charge in [-0.25, -0.2) is 4.39 Å². The minimum absolute atomic E-state index is 0. The maximum atomic E-state index is 13.4. The van der Waals surface area contributed by atoms with Crippen LogP contribution in [0.25, 0.3) is 0 Å². The number of aryl methyl sites for hydroxylation is 1. The lowest BCUT2D eigenvalue weighted by atomic mass is 10.0. The van der Waals surface area contributed by atoms with E-state index in [9.17, 15) is 9.18 Å².